The third-order valence-electron chi connectivity index (χ3n) is 3.47. The van der Waals surface area contributed by atoms with Crippen molar-refractivity contribution < 1.29 is 28.5 Å². The van der Waals surface area contributed by atoms with Crippen molar-refractivity contribution in [2.45, 2.75) is 77.6 Å². The largest absolute Gasteiger partial charge is 0.514 e. The van der Waals surface area contributed by atoms with E-state index in [1.54, 1.807) is 52.8 Å². The minimum absolute atomic E-state index is 0.0736. The van der Waals surface area contributed by atoms with Crippen LogP contribution in [0.5, 0.6) is 5.75 Å². The molecule has 0 bridgehead atoms. The first-order valence-corrected chi connectivity index (χ1v) is 9.91. The summed E-state index contributed by atoms with van der Waals surface area (Å²) < 4.78 is 21.6. The fourth-order valence-electron chi connectivity index (χ4n) is 2.28. The van der Waals surface area contributed by atoms with Crippen LogP contribution in [0.1, 0.15) is 66.4 Å². The lowest BCUT2D eigenvalue weighted by molar-refractivity contribution is -0.174. The summed E-state index contributed by atoms with van der Waals surface area (Å²) in [6.07, 6.45) is 1.41. The molecule has 1 unspecified atom stereocenters. The summed E-state index contributed by atoms with van der Waals surface area (Å²) in [5.41, 5.74) is -0.584. The number of halogens is 1. The topological polar surface area (TPSA) is 71.1 Å². The molecule has 1 atom stereocenters. The Balaban J connectivity index is 3.22. The second-order valence-corrected chi connectivity index (χ2v) is 8.20. The van der Waals surface area contributed by atoms with Crippen LogP contribution in [-0.2, 0) is 24.1 Å². The van der Waals surface area contributed by atoms with Crippen molar-refractivity contribution in [3.63, 3.8) is 0 Å². The van der Waals surface area contributed by atoms with E-state index in [9.17, 15) is 9.59 Å². The molecule has 0 fully saturated rings. The van der Waals surface area contributed by atoms with Crippen LogP contribution < -0.4 is 4.74 Å². The number of benzene rings is 1. The summed E-state index contributed by atoms with van der Waals surface area (Å²) in [4.78, 5) is 24.9. The van der Waals surface area contributed by atoms with Crippen LogP contribution in [0.2, 0.25) is 0 Å². The van der Waals surface area contributed by atoms with Crippen LogP contribution >= 0.6 is 11.6 Å². The monoisotopic (exact) mass is 414 g/mol. The van der Waals surface area contributed by atoms with Gasteiger partial charge in [-0.3, -0.25) is 0 Å². The average molecular weight is 415 g/mol. The molecule has 1 rings (SSSR count). The van der Waals surface area contributed by atoms with E-state index in [-0.39, 0.29) is 24.0 Å². The fraction of sp³-hybridized carbons (Fsp3) is 0.619. The zero-order valence-electron chi connectivity index (χ0n) is 17.5. The first-order chi connectivity index (χ1) is 13.0. The predicted molar refractivity (Wildman–Crippen MR) is 108 cm³/mol. The summed E-state index contributed by atoms with van der Waals surface area (Å²) in [5, 5.41) is -1.95. The Morgan fingerprint density at radius 3 is 2.32 bits per heavy atom. The van der Waals surface area contributed by atoms with E-state index in [1.165, 1.54) is 6.07 Å². The van der Waals surface area contributed by atoms with Crippen LogP contribution in [0.25, 0.3) is 0 Å². The normalized spacial score (nSPS) is 13.7. The van der Waals surface area contributed by atoms with Gasteiger partial charge in [-0.2, -0.15) is 0 Å². The number of hydrogen-bond donors (Lipinski definition) is 0. The molecule has 0 aromatic heterocycles. The lowest BCUT2D eigenvalue weighted by Crippen LogP contribution is -2.40. The quantitative estimate of drug-likeness (QED) is 0.228. The van der Waals surface area contributed by atoms with Crippen molar-refractivity contribution in [3.05, 3.63) is 29.8 Å². The zero-order valence-corrected chi connectivity index (χ0v) is 18.3. The Labute approximate surface area is 172 Å². The van der Waals surface area contributed by atoms with Gasteiger partial charge < -0.3 is 18.9 Å². The Hall–Kier alpha value is -1.79. The predicted octanol–water partition coefficient (Wildman–Crippen LogP) is 5.55. The van der Waals surface area contributed by atoms with Gasteiger partial charge in [-0.25, -0.2) is 9.59 Å². The van der Waals surface area contributed by atoms with E-state index in [0.29, 0.717) is 0 Å². The van der Waals surface area contributed by atoms with Crippen LogP contribution in [0.4, 0.5) is 4.79 Å². The fourth-order valence-corrected chi connectivity index (χ4v) is 2.55. The molecule has 1 aromatic rings. The molecule has 6 nitrogen and oxygen atoms in total. The van der Waals surface area contributed by atoms with Gasteiger partial charge in [-0.05, 0) is 47.1 Å². The van der Waals surface area contributed by atoms with Gasteiger partial charge in [0.1, 0.15) is 11.4 Å². The molecule has 7 heteroatoms. The minimum atomic E-state index is -1.95. The molecule has 0 spiro atoms. The van der Waals surface area contributed by atoms with Crippen molar-refractivity contribution in [1.82, 2.24) is 0 Å². The molecule has 0 N–H and O–H groups in total. The van der Waals surface area contributed by atoms with Crippen molar-refractivity contribution in [1.29, 1.82) is 0 Å². The number of rotatable bonds is 9. The minimum Gasteiger partial charge on any atom is -0.457 e. The highest BCUT2D eigenvalue weighted by Gasteiger charge is 2.45. The molecule has 1 aromatic carbocycles. The van der Waals surface area contributed by atoms with Gasteiger partial charge in [0.15, 0.2) is 0 Å². The molecule has 0 saturated heterocycles. The standard InChI is InChI=1S/C21H31ClO6/c1-7-8-11-14-25-21(22,18(23)28-20(4,5)6)16-12-9-10-13-17(16)27-19(24)26-15(2)3/h9-10,12-13,15H,7-8,11,14H2,1-6H3. The molecular formula is C21H31ClO6. The van der Waals surface area contributed by atoms with Crippen LogP contribution in [0.15, 0.2) is 24.3 Å². The third kappa shape index (κ3) is 7.68. The van der Waals surface area contributed by atoms with Gasteiger partial charge in [-0.15, -0.1) is 0 Å². The van der Waals surface area contributed by atoms with E-state index in [2.05, 4.69) is 6.92 Å². The Bertz CT molecular complexity index is 653. The zero-order chi connectivity index (χ0) is 21.4. The maximum Gasteiger partial charge on any atom is 0.514 e. The Kier molecular flexibility index (Phi) is 9.24. The molecule has 158 valence electrons. The smallest absolute Gasteiger partial charge is 0.457 e. The molecule has 0 aliphatic rings. The number of para-hydroxylation sites is 1. The average Bonchev–Trinajstić information content (AvgIpc) is 2.56. The molecule has 28 heavy (non-hydrogen) atoms. The van der Waals surface area contributed by atoms with Gasteiger partial charge in [0, 0.05) is 6.61 Å². The van der Waals surface area contributed by atoms with E-state index < -0.39 is 22.8 Å². The van der Waals surface area contributed by atoms with Gasteiger partial charge >= 0.3 is 12.1 Å². The van der Waals surface area contributed by atoms with Gasteiger partial charge in [0.2, 0.25) is 0 Å². The summed E-state index contributed by atoms with van der Waals surface area (Å²) in [6.45, 7) is 10.9. The Morgan fingerprint density at radius 2 is 1.75 bits per heavy atom. The summed E-state index contributed by atoms with van der Waals surface area (Å²) in [6, 6.07) is 6.42. The van der Waals surface area contributed by atoms with Crippen molar-refractivity contribution in [2.75, 3.05) is 6.61 Å². The molecule has 0 saturated carbocycles. The number of unbranched alkanes of at least 4 members (excludes halogenated alkanes) is 2. The maximum atomic E-state index is 12.9. The lowest BCUT2D eigenvalue weighted by Gasteiger charge is -2.30. The molecule has 0 radical (unpaired) electrons. The van der Waals surface area contributed by atoms with Crippen LogP contribution in [-0.4, -0.2) is 30.4 Å². The van der Waals surface area contributed by atoms with E-state index in [1.807, 2.05) is 0 Å². The van der Waals surface area contributed by atoms with E-state index in [4.69, 9.17) is 30.5 Å². The molecule has 0 aliphatic heterocycles. The Morgan fingerprint density at radius 1 is 1.11 bits per heavy atom. The number of ether oxygens (including phenoxy) is 4. The molecular weight excluding hydrogens is 384 g/mol. The second-order valence-electron chi connectivity index (χ2n) is 7.67. The van der Waals surface area contributed by atoms with Crippen molar-refractivity contribution in [2.24, 2.45) is 0 Å². The third-order valence-corrected chi connectivity index (χ3v) is 3.94. The molecule has 0 aliphatic carbocycles. The molecule has 0 amide bonds. The maximum absolute atomic E-state index is 12.9. The number of esters is 1. The molecule has 0 heterocycles. The lowest BCUT2D eigenvalue weighted by atomic mass is 10.1. The highest BCUT2D eigenvalue weighted by Crippen LogP contribution is 2.39. The van der Waals surface area contributed by atoms with Crippen LogP contribution in [0, 0.1) is 0 Å². The van der Waals surface area contributed by atoms with E-state index >= 15 is 0 Å². The summed E-state index contributed by atoms with van der Waals surface area (Å²) in [5.74, 6) is -0.698. The van der Waals surface area contributed by atoms with Crippen molar-refractivity contribution >= 4 is 23.7 Å². The van der Waals surface area contributed by atoms with Gasteiger partial charge in [-0.1, -0.05) is 49.6 Å². The SMILES string of the molecule is CCCCCOC(Cl)(C(=O)OC(C)(C)C)c1ccccc1OC(=O)OC(C)C. The summed E-state index contributed by atoms with van der Waals surface area (Å²) in [7, 11) is 0. The van der Waals surface area contributed by atoms with Crippen molar-refractivity contribution in [3.8, 4) is 5.75 Å². The summed E-state index contributed by atoms with van der Waals surface area (Å²) >= 11 is 6.67. The number of carbonyl (C=O) groups excluding carboxylic acids is 2. The van der Waals surface area contributed by atoms with Crippen LogP contribution in [0.3, 0.4) is 0 Å². The highest BCUT2D eigenvalue weighted by molar-refractivity contribution is 6.33. The van der Waals surface area contributed by atoms with E-state index in [0.717, 1.165) is 19.3 Å². The highest BCUT2D eigenvalue weighted by atomic mass is 35.5. The number of hydrogen-bond acceptors (Lipinski definition) is 6. The van der Waals surface area contributed by atoms with Gasteiger partial charge in [0.25, 0.3) is 5.06 Å². The number of alkyl halides is 1. The first kappa shape index (κ1) is 24.2. The van der Waals surface area contributed by atoms with Gasteiger partial charge in [0.05, 0.1) is 11.7 Å². The first-order valence-electron chi connectivity index (χ1n) is 9.54. The second kappa shape index (κ2) is 10.7. The number of carbonyl (C=O) groups is 2.